The first-order chi connectivity index (χ1) is 6.38. The first-order valence-electron chi connectivity index (χ1n) is 4.33. The molecule has 1 aromatic heterocycles. The zero-order valence-electron chi connectivity index (χ0n) is 7.70. The number of hydrogen-bond donors (Lipinski definition) is 0. The van der Waals surface area contributed by atoms with Crippen LogP contribution in [0.3, 0.4) is 0 Å². The molecule has 0 spiro atoms. The Labute approximate surface area is 82.2 Å². The van der Waals surface area contributed by atoms with E-state index in [4.69, 9.17) is 0 Å². The molecule has 0 unspecified atom stereocenters. The average Bonchev–Trinajstić information content (AvgIpc) is 2.19. The summed E-state index contributed by atoms with van der Waals surface area (Å²) in [6, 6.07) is 13.1. The van der Waals surface area contributed by atoms with Crippen molar-refractivity contribution < 1.29 is 0 Å². The zero-order chi connectivity index (χ0) is 9.52. The smallest absolute Gasteiger partial charge is 0.0701 e. The van der Waals surface area contributed by atoms with Gasteiger partial charge >= 0.3 is 0 Å². The fourth-order valence-corrected chi connectivity index (χ4v) is 1.02. The highest BCUT2D eigenvalue weighted by atomic mass is 28.1. The fraction of sp³-hybridized carbons (Fsp3) is 0.182. The fourth-order valence-electron chi connectivity index (χ4n) is 1.02. The van der Waals surface area contributed by atoms with Crippen LogP contribution in [0.15, 0.2) is 42.6 Å². The quantitative estimate of drug-likeness (QED) is 0.576. The lowest BCUT2D eigenvalue weighted by Gasteiger charge is -1.91. The first kappa shape index (κ1) is 9.93. The molecule has 2 aromatic rings. The molecule has 65 valence electrons. The highest BCUT2D eigenvalue weighted by Crippen LogP contribution is 2.07. The summed E-state index contributed by atoms with van der Waals surface area (Å²) in [4.78, 5) is 4.18. The van der Waals surface area contributed by atoms with Gasteiger partial charge in [-0.15, -0.1) is 0 Å². The van der Waals surface area contributed by atoms with Gasteiger partial charge in [-0.05, 0) is 12.1 Å². The predicted octanol–water partition coefficient (Wildman–Crippen LogP) is 2.83. The third-order valence-electron chi connectivity index (χ3n) is 1.51. The van der Waals surface area contributed by atoms with Gasteiger partial charge in [-0.3, -0.25) is 4.98 Å². The number of rotatable bonds is 0. The molecule has 0 amide bonds. The highest BCUT2D eigenvalue weighted by Gasteiger charge is 1.86. The average molecular weight is 186 g/mol. The van der Waals surface area contributed by atoms with Gasteiger partial charge < -0.3 is 0 Å². The van der Waals surface area contributed by atoms with Crippen molar-refractivity contribution in [2.75, 3.05) is 0 Å². The summed E-state index contributed by atoms with van der Waals surface area (Å²) in [6.07, 6.45) is 1.81. The molecule has 1 heterocycles. The van der Waals surface area contributed by atoms with E-state index in [0.29, 0.717) is 0 Å². The van der Waals surface area contributed by atoms with Crippen LogP contribution < -0.4 is 0 Å². The molecule has 0 fully saturated rings. The molecule has 0 aliphatic carbocycles. The standard InChI is InChI=1S/C9H7N.C2H5Si/c1-2-6-9-8(4-1)5-3-7-10-9;1-2-3/h1-7H;2H2,1H3. The highest BCUT2D eigenvalue weighted by molar-refractivity contribution is 6.08. The van der Waals surface area contributed by atoms with Crippen LogP contribution in [-0.2, 0) is 0 Å². The van der Waals surface area contributed by atoms with Crippen LogP contribution in [-0.4, -0.2) is 15.2 Å². The maximum Gasteiger partial charge on any atom is 0.0701 e. The first-order valence-corrected chi connectivity index (χ1v) is 5.03. The molecule has 2 rings (SSSR count). The van der Waals surface area contributed by atoms with Crippen LogP contribution in [0.1, 0.15) is 6.92 Å². The van der Waals surface area contributed by atoms with Crippen molar-refractivity contribution in [1.82, 2.24) is 4.98 Å². The number of hydrogen-bond acceptors (Lipinski definition) is 1. The van der Waals surface area contributed by atoms with E-state index >= 15 is 0 Å². The van der Waals surface area contributed by atoms with Gasteiger partial charge in [0.15, 0.2) is 0 Å². The Morgan fingerprint density at radius 2 is 1.77 bits per heavy atom. The lowest BCUT2D eigenvalue weighted by molar-refractivity contribution is 1.41. The van der Waals surface area contributed by atoms with Crippen molar-refractivity contribution in [3.8, 4) is 0 Å². The Kier molecular flexibility index (Phi) is 4.19. The topological polar surface area (TPSA) is 12.9 Å². The summed E-state index contributed by atoms with van der Waals surface area (Å²) in [5.74, 6) is 0. The van der Waals surface area contributed by atoms with Crippen molar-refractivity contribution >= 4 is 21.1 Å². The minimum Gasteiger partial charge on any atom is -0.256 e. The SMILES string of the molecule is CC[Si].c1ccc2ncccc2c1. The molecular formula is C11H12NSi. The van der Waals surface area contributed by atoms with Gasteiger partial charge in [0.1, 0.15) is 0 Å². The minimum absolute atomic E-state index is 1.06. The molecule has 2 heteroatoms. The van der Waals surface area contributed by atoms with E-state index in [1.807, 2.05) is 37.4 Å². The van der Waals surface area contributed by atoms with Gasteiger partial charge in [-0.25, -0.2) is 0 Å². The number of nitrogens with zero attached hydrogens (tertiary/aromatic N) is 1. The van der Waals surface area contributed by atoms with E-state index in [-0.39, 0.29) is 0 Å². The van der Waals surface area contributed by atoms with E-state index in [2.05, 4.69) is 27.4 Å². The number of fused-ring (bicyclic) bond motifs is 1. The van der Waals surface area contributed by atoms with Crippen LogP contribution in [0, 0.1) is 0 Å². The van der Waals surface area contributed by atoms with Gasteiger partial charge in [0.25, 0.3) is 0 Å². The predicted molar refractivity (Wildman–Crippen MR) is 58.0 cm³/mol. The van der Waals surface area contributed by atoms with Crippen LogP contribution in [0.4, 0.5) is 0 Å². The Hall–Kier alpha value is -1.15. The summed E-state index contributed by atoms with van der Waals surface area (Å²) in [5.41, 5.74) is 1.06. The Morgan fingerprint density at radius 3 is 2.46 bits per heavy atom. The van der Waals surface area contributed by atoms with E-state index < -0.39 is 0 Å². The molecule has 0 bridgehead atoms. The van der Waals surface area contributed by atoms with E-state index in [1.165, 1.54) is 5.39 Å². The summed E-state index contributed by atoms with van der Waals surface area (Å²) in [5, 5.41) is 1.20. The van der Waals surface area contributed by atoms with E-state index in [0.717, 1.165) is 11.6 Å². The van der Waals surface area contributed by atoms with Crippen molar-refractivity contribution in [3.05, 3.63) is 42.6 Å². The van der Waals surface area contributed by atoms with Gasteiger partial charge in [0.05, 0.1) is 5.52 Å². The maximum atomic E-state index is 4.18. The minimum atomic E-state index is 1.06. The third kappa shape index (κ3) is 2.99. The van der Waals surface area contributed by atoms with Crippen molar-refractivity contribution in [1.29, 1.82) is 0 Å². The third-order valence-corrected chi connectivity index (χ3v) is 1.51. The Bertz CT molecular complexity index is 294. The second kappa shape index (κ2) is 5.49. The van der Waals surface area contributed by atoms with Crippen LogP contribution in [0.25, 0.3) is 10.9 Å². The molecule has 1 aromatic carbocycles. The largest absolute Gasteiger partial charge is 0.256 e. The van der Waals surface area contributed by atoms with Crippen LogP contribution in [0.5, 0.6) is 0 Å². The molecule has 0 aliphatic rings. The number of para-hydroxylation sites is 1. The van der Waals surface area contributed by atoms with Gasteiger partial charge in [0, 0.05) is 21.8 Å². The van der Waals surface area contributed by atoms with E-state index in [1.54, 1.807) is 0 Å². The van der Waals surface area contributed by atoms with Crippen molar-refractivity contribution in [2.24, 2.45) is 0 Å². The molecule has 0 aliphatic heterocycles. The normalized spacial score (nSPS) is 9.08. The molecule has 0 N–H and O–H groups in total. The second-order valence-corrected chi connectivity index (χ2v) is 3.26. The van der Waals surface area contributed by atoms with E-state index in [9.17, 15) is 0 Å². The van der Waals surface area contributed by atoms with Gasteiger partial charge in [0.2, 0.25) is 0 Å². The maximum absolute atomic E-state index is 4.18. The summed E-state index contributed by atoms with van der Waals surface area (Å²) >= 11 is 0. The van der Waals surface area contributed by atoms with Gasteiger partial charge in [-0.2, -0.15) is 0 Å². The van der Waals surface area contributed by atoms with Crippen molar-refractivity contribution in [2.45, 2.75) is 13.0 Å². The molecule has 0 saturated heterocycles. The molecule has 0 atom stereocenters. The molecular weight excluding hydrogens is 174 g/mol. The molecule has 3 radical (unpaired) electrons. The van der Waals surface area contributed by atoms with Gasteiger partial charge in [-0.1, -0.05) is 37.2 Å². The number of pyridine rings is 1. The van der Waals surface area contributed by atoms with Crippen molar-refractivity contribution in [3.63, 3.8) is 0 Å². The molecule has 13 heavy (non-hydrogen) atoms. The molecule has 1 nitrogen and oxygen atoms in total. The van der Waals surface area contributed by atoms with Crippen LogP contribution >= 0.6 is 0 Å². The Balaban J connectivity index is 0.000000251. The zero-order valence-corrected chi connectivity index (χ0v) is 8.70. The lowest BCUT2D eigenvalue weighted by atomic mass is 10.2. The second-order valence-electron chi connectivity index (χ2n) is 2.55. The summed E-state index contributed by atoms with van der Waals surface area (Å²) in [6.45, 7) is 2.04. The lowest BCUT2D eigenvalue weighted by Crippen LogP contribution is -1.73. The number of aromatic nitrogens is 1. The Morgan fingerprint density at radius 1 is 1.15 bits per heavy atom. The monoisotopic (exact) mass is 186 g/mol. The molecule has 0 saturated carbocycles. The number of benzene rings is 1. The summed E-state index contributed by atoms with van der Waals surface area (Å²) < 4.78 is 0. The summed E-state index contributed by atoms with van der Waals surface area (Å²) in [7, 11) is 3.18. The van der Waals surface area contributed by atoms with Crippen LogP contribution in [0.2, 0.25) is 6.04 Å².